The summed E-state index contributed by atoms with van der Waals surface area (Å²) < 4.78 is 0. The highest BCUT2D eigenvalue weighted by atomic mass is 16.2. The summed E-state index contributed by atoms with van der Waals surface area (Å²) in [6, 6.07) is 0. The van der Waals surface area contributed by atoms with Crippen molar-refractivity contribution in [2.45, 2.75) is 6.42 Å². The second-order valence-corrected chi connectivity index (χ2v) is 2.20. The number of hydrogen-bond donors (Lipinski definition) is 3. The van der Waals surface area contributed by atoms with E-state index in [0.29, 0.717) is 0 Å². The lowest BCUT2D eigenvalue weighted by molar-refractivity contribution is -0.124. The topological polar surface area (TPSA) is 67.1 Å². The second kappa shape index (κ2) is 2.80. The Kier molecular flexibility index (Phi) is 2.02. The van der Waals surface area contributed by atoms with Crippen molar-refractivity contribution in [1.29, 1.82) is 0 Å². The number of carbonyl (C=O) groups excluding carboxylic acids is 1. The Hall–Kier alpha value is -0.610. The Morgan fingerprint density at radius 1 is 1.78 bits per heavy atom. The first kappa shape index (κ1) is 6.51. The van der Waals surface area contributed by atoms with Crippen molar-refractivity contribution in [2.24, 2.45) is 11.8 Å². The second-order valence-electron chi connectivity index (χ2n) is 2.20. The molecule has 1 amide bonds. The molecule has 1 aliphatic heterocycles. The van der Waals surface area contributed by atoms with Crippen LogP contribution in [0.4, 0.5) is 0 Å². The molecule has 1 fully saturated rings. The van der Waals surface area contributed by atoms with Crippen molar-refractivity contribution < 1.29 is 4.79 Å². The first-order valence-corrected chi connectivity index (χ1v) is 3.06. The van der Waals surface area contributed by atoms with E-state index in [-0.39, 0.29) is 11.8 Å². The maximum atomic E-state index is 10.7. The molecule has 0 saturated carbocycles. The van der Waals surface area contributed by atoms with Crippen molar-refractivity contribution in [3.8, 4) is 0 Å². The number of nitrogens with two attached hydrogens (primary N) is 1. The summed E-state index contributed by atoms with van der Waals surface area (Å²) >= 11 is 0. The molecule has 1 aliphatic rings. The minimum atomic E-state index is -0.0556. The molecule has 1 rings (SSSR count). The average Bonchev–Trinajstić information content (AvgIpc) is 2.37. The Morgan fingerprint density at radius 3 is 3.00 bits per heavy atom. The van der Waals surface area contributed by atoms with E-state index in [1.165, 1.54) is 0 Å². The molecule has 1 heterocycles. The zero-order chi connectivity index (χ0) is 6.69. The number of nitrogens with one attached hydrogen (secondary N) is 2. The van der Waals surface area contributed by atoms with E-state index >= 15 is 0 Å². The fourth-order valence-corrected chi connectivity index (χ4v) is 0.996. The van der Waals surface area contributed by atoms with Gasteiger partial charge in [-0.05, 0) is 13.0 Å². The summed E-state index contributed by atoms with van der Waals surface area (Å²) in [5, 5.41) is 3.07. The van der Waals surface area contributed by atoms with Crippen LogP contribution < -0.4 is 16.6 Å². The number of rotatable bonds is 1. The van der Waals surface area contributed by atoms with Crippen LogP contribution >= 0.6 is 0 Å². The molecule has 0 aromatic rings. The first-order chi connectivity index (χ1) is 4.34. The van der Waals surface area contributed by atoms with E-state index in [0.717, 1.165) is 19.5 Å². The first-order valence-electron chi connectivity index (χ1n) is 3.06. The zero-order valence-corrected chi connectivity index (χ0v) is 5.18. The number of carbonyl (C=O) groups is 1. The van der Waals surface area contributed by atoms with Crippen LogP contribution in [-0.2, 0) is 4.79 Å². The van der Waals surface area contributed by atoms with Gasteiger partial charge < -0.3 is 5.32 Å². The molecule has 0 unspecified atom stereocenters. The standard InChI is InChI=1S/C5H11N3O/c6-8-5(9)4-1-2-7-3-4/h4,7H,1-3,6H2,(H,8,9)/t4-/m1/s1. The summed E-state index contributed by atoms with van der Waals surface area (Å²) in [5.41, 5.74) is 2.13. The van der Waals surface area contributed by atoms with Gasteiger partial charge in [-0.2, -0.15) is 0 Å². The van der Waals surface area contributed by atoms with Crippen LogP contribution in [0.3, 0.4) is 0 Å². The minimum Gasteiger partial charge on any atom is -0.316 e. The van der Waals surface area contributed by atoms with Gasteiger partial charge in [0.05, 0.1) is 5.92 Å². The summed E-state index contributed by atoms with van der Waals surface area (Å²) in [4.78, 5) is 10.7. The Balaban J connectivity index is 2.32. The summed E-state index contributed by atoms with van der Waals surface area (Å²) in [6.07, 6.45) is 0.906. The van der Waals surface area contributed by atoms with Crippen LogP contribution in [0.2, 0.25) is 0 Å². The van der Waals surface area contributed by atoms with Crippen molar-refractivity contribution >= 4 is 5.91 Å². The third-order valence-electron chi connectivity index (χ3n) is 1.57. The van der Waals surface area contributed by atoms with Crippen LogP contribution in [0.25, 0.3) is 0 Å². The Labute approximate surface area is 53.8 Å². The molecule has 0 aliphatic carbocycles. The molecule has 0 aromatic carbocycles. The summed E-state index contributed by atoms with van der Waals surface area (Å²) in [6.45, 7) is 1.70. The molecule has 0 spiro atoms. The quantitative estimate of drug-likeness (QED) is 0.231. The molecule has 9 heavy (non-hydrogen) atoms. The molecule has 4 nitrogen and oxygen atoms in total. The van der Waals surface area contributed by atoms with Gasteiger partial charge in [-0.15, -0.1) is 0 Å². The third kappa shape index (κ3) is 1.40. The van der Waals surface area contributed by atoms with Crippen LogP contribution in [0.15, 0.2) is 0 Å². The molecule has 1 saturated heterocycles. The van der Waals surface area contributed by atoms with Crippen molar-refractivity contribution in [1.82, 2.24) is 10.7 Å². The molecule has 0 bridgehead atoms. The number of amides is 1. The molecule has 1 atom stereocenters. The van der Waals surface area contributed by atoms with E-state index in [1.54, 1.807) is 0 Å². The van der Waals surface area contributed by atoms with Gasteiger partial charge in [0.1, 0.15) is 0 Å². The lowest BCUT2D eigenvalue weighted by Gasteiger charge is -2.03. The normalized spacial score (nSPS) is 26.1. The maximum Gasteiger partial charge on any atom is 0.238 e. The van der Waals surface area contributed by atoms with Crippen LogP contribution in [-0.4, -0.2) is 19.0 Å². The summed E-state index contributed by atoms with van der Waals surface area (Å²) in [5.74, 6) is 4.96. The lowest BCUT2D eigenvalue weighted by atomic mass is 10.1. The van der Waals surface area contributed by atoms with E-state index in [4.69, 9.17) is 5.84 Å². The van der Waals surface area contributed by atoms with E-state index in [2.05, 4.69) is 10.7 Å². The van der Waals surface area contributed by atoms with Crippen LogP contribution in [0.1, 0.15) is 6.42 Å². The average molecular weight is 129 g/mol. The smallest absolute Gasteiger partial charge is 0.238 e. The largest absolute Gasteiger partial charge is 0.316 e. The molecule has 52 valence electrons. The zero-order valence-electron chi connectivity index (χ0n) is 5.18. The van der Waals surface area contributed by atoms with E-state index in [1.807, 2.05) is 0 Å². The van der Waals surface area contributed by atoms with Crippen molar-refractivity contribution in [2.75, 3.05) is 13.1 Å². The highest BCUT2D eigenvalue weighted by molar-refractivity contribution is 5.78. The SMILES string of the molecule is NNC(=O)[C@@H]1CCNC1. The predicted molar refractivity (Wildman–Crippen MR) is 33.3 cm³/mol. The predicted octanol–water partition coefficient (Wildman–Crippen LogP) is -1.41. The van der Waals surface area contributed by atoms with E-state index < -0.39 is 0 Å². The highest BCUT2D eigenvalue weighted by Gasteiger charge is 2.20. The molecule has 0 radical (unpaired) electrons. The van der Waals surface area contributed by atoms with Crippen molar-refractivity contribution in [3.63, 3.8) is 0 Å². The van der Waals surface area contributed by atoms with E-state index in [9.17, 15) is 4.79 Å². The molecular weight excluding hydrogens is 118 g/mol. The van der Waals surface area contributed by atoms with Gasteiger partial charge >= 0.3 is 0 Å². The van der Waals surface area contributed by atoms with Gasteiger partial charge in [-0.1, -0.05) is 0 Å². The maximum absolute atomic E-state index is 10.7. The van der Waals surface area contributed by atoms with Gasteiger partial charge in [-0.3, -0.25) is 10.2 Å². The fraction of sp³-hybridized carbons (Fsp3) is 0.800. The molecular formula is C5H11N3O. The van der Waals surface area contributed by atoms with Crippen LogP contribution in [0, 0.1) is 5.92 Å². The van der Waals surface area contributed by atoms with Gasteiger partial charge in [0, 0.05) is 6.54 Å². The van der Waals surface area contributed by atoms with Crippen molar-refractivity contribution in [3.05, 3.63) is 0 Å². The molecule has 4 N–H and O–H groups in total. The Morgan fingerprint density at radius 2 is 2.56 bits per heavy atom. The van der Waals surface area contributed by atoms with Gasteiger partial charge in [0.25, 0.3) is 0 Å². The Bertz CT molecular complexity index is 109. The van der Waals surface area contributed by atoms with Gasteiger partial charge in [-0.25, -0.2) is 5.84 Å². The number of hydrogen-bond acceptors (Lipinski definition) is 3. The van der Waals surface area contributed by atoms with Gasteiger partial charge in [0.15, 0.2) is 0 Å². The lowest BCUT2D eigenvalue weighted by Crippen LogP contribution is -2.36. The fourth-order valence-electron chi connectivity index (χ4n) is 0.996. The number of hydrazine groups is 1. The van der Waals surface area contributed by atoms with Crippen LogP contribution in [0.5, 0.6) is 0 Å². The highest BCUT2D eigenvalue weighted by Crippen LogP contribution is 2.05. The molecule has 0 aromatic heterocycles. The monoisotopic (exact) mass is 129 g/mol. The minimum absolute atomic E-state index is 0.0556. The van der Waals surface area contributed by atoms with Gasteiger partial charge in [0.2, 0.25) is 5.91 Å². The third-order valence-corrected chi connectivity index (χ3v) is 1.57. The summed E-state index contributed by atoms with van der Waals surface area (Å²) in [7, 11) is 0. The molecule has 4 heteroatoms.